The molecule has 1 aromatic carbocycles. The molecule has 2 nitrogen and oxygen atoms in total. The van der Waals surface area contributed by atoms with Gasteiger partial charge in [-0.15, -0.1) is 11.8 Å². The number of aromatic nitrogens is 1. The van der Waals surface area contributed by atoms with E-state index in [1.807, 2.05) is 6.20 Å². The summed E-state index contributed by atoms with van der Waals surface area (Å²) >= 11 is 1.74. The first-order valence-electron chi connectivity index (χ1n) is 5.84. The highest BCUT2D eigenvalue weighted by atomic mass is 32.2. The molecule has 0 aliphatic heterocycles. The Labute approximate surface area is 103 Å². The number of aromatic amines is 1. The van der Waals surface area contributed by atoms with Crippen molar-refractivity contribution in [1.82, 2.24) is 4.98 Å². The quantitative estimate of drug-likeness (QED) is 0.859. The first-order valence-corrected chi connectivity index (χ1v) is 6.72. The van der Waals surface area contributed by atoms with Crippen LogP contribution in [-0.2, 0) is 0 Å². The molecule has 0 saturated heterocycles. The summed E-state index contributed by atoms with van der Waals surface area (Å²) in [4.78, 5) is 4.23. The number of thioether (sulfide) groups is 1. The van der Waals surface area contributed by atoms with Gasteiger partial charge in [0.15, 0.2) is 0 Å². The molecule has 1 fully saturated rings. The van der Waals surface area contributed by atoms with Crippen LogP contribution >= 0.6 is 11.8 Å². The molecule has 2 aromatic rings. The number of aliphatic hydroxyl groups excluding tert-OH is 1. The molecular weight excluding hydrogens is 237 g/mol. The maximum atomic E-state index is 13.2. The summed E-state index contributed by atoms with van der Waals surface area (Å²) < 4.78 is 13.2. The third-order valence-corrected chi connectivity index (χ3v) is 4.61. The smallest absolute Gasteiger partial charge is 0.123 e. The summed E-state index contributed by atoms with van der Waals surface area (Å²) in [7, 11) is 0. The van der Waals surface area contributed by atoms with Gasteiger partial charge in [0.05, 0.1) is 6.10 Å². The van der Waals surface area contributed by atoms with Crippen LogP contribution in [0.4, 0.5) is 4.39 Å². The third kappa shape index (κ3) is 2.19. The van der Waals surface area contributed by atoms with Crippen molar-refractivity contribution < 1.29 is 9.50 Å². The molecule has 0 bridgehead atoms. The Morgan fingerprint density at radius 2 is 2.24 bits per heavy atom. The van der Waals surface area contributed by atoms with Gasteiger partial charge in [-0.05, 0) is 37.5 Å². The normalized spacial score (nSPS) is 24.6. The number of halogens is 1. The minimum atomic E-state index is -0.203. The van der Waals surface area contributed by atoms with E-state index in [2.05, 4.69) is 4.98 Å². The molecule has 2 unspecified atom stereocenters. The average molecular weight is 251 g/mol. The Hall–Kier alpha value is -1.00. The second kappa shape index (κ2) is 4.35. The number of hydrogen-bond donors (Lipinski definition) is 2. The van der Waals surface area contributed by atoms with E-state index in [9.17, 15) is 9.50 Å². The van der Waals surface area contributed by atoms with Gasteiger partial charge in [-0.3, -0.25) is 0 Å². The molecule has 90 valence electrons. The van der Waals surface area contributed by atoms with Gasteiger partial charge >= 0.3 is 0 Å². The van der Waals surface area contributed by atoms with E-state index < -0.39 is 0 Å². The van der Waals surface area contributed by atoms with E-state index in [1.165, 1.54) is 6.07 Å². The van der Waals surface area contributed by atoms with Gasteiger partial charge in [-0.1, -0.05) is 0 Å². The Bertz CT molecular complexity index is 539. The van der Waals surface area contributed by atoms with Crippen LogP contribution in [0.25, 0.3) is 10.9 Å². The van der Waals surface area contributed by atoms with Crippen LogP contribution in [0.5, 0.6) is 0 Å². The van der Waals surface area contributed by atoms with E-state index in [0.29, 0.717) is 5.25 Å². The van der Waals surface area contributed by atoms with Crippen LogP contribution in [0.2, 0.25) is 0 Å². The minimum absolute atomic E-state index is 0.158. The molecule has 1 saturated carbocycles. The molecule has 2 N–H and O–H groups in total. The topological polar surface area (TPSA) is 36.0 Å². The summed E-state index contributed by atoms with van der Waals surface area (Å²) in [5.41, 5.74) is 0.965. The van der Waals surface area contributed by atoms with Gasteiger partial charge in [0, 0.05) is 27.2 Å². The lowest BCUT2D eigenvalue weighted by molar-refractivity contribution is 0.183. The summed E-state index contributed by atoms with van der Waals surface area (Å²) in [5, 5.41) is 10.9. The highest BCUT2D eigenvalue weighted by molar-refractivity contribution is 8.00. The molecule has 2 atom stereocenters. The fourth-order valence-corrected chi connectivity index (χ4v) is 3.72. The van der Waals surface area contributed by atoms with Crippen LogP contribution in [0.3, 0.4) is 0 Å². The van der Waals surface area contributed by atoms with Gasteiger partial charge in [0.2, 0.25) is 0 Å². The standard InChI is InChI=1S/C13H14FNOS/c14-8-1-4-12-11(5-8)13(7-15-12)17-10-3-2-9(16)6-10/h1,4-5,7,9-10,15-16H,2-3,6H2. The van der Waals surface area contributed by atoms with E-state index in [0.717, 1.165) is 35.1 Å². The predicted octanol–water partition coefficient (Wildman–Crippen LogP) is 3.31. The summed E-state index contributed by atoms with van der Waals surface area (Å²) in [6, 6.07) is 4.80. The van der Waals surface area contributed by atoms with Crippen molar-refractivity contribution in [3.05, 3.63) is 30.2 Å². The molecule has 4 heteroatoms. The van der Waals surface area contributed by atoms with Crippen molar-refractivity contribution in [3.8, 4) is 0 Å². The van der Waals surface area contributed by atoms with Gasteiger partial charge in [0.25, 0.3) is 0 Å². The van der Waals surface area contributed by atoms with Gasteiger partial charge < -0.3 is 10.1 Å². The second-order valence-corrected chi connectivity index (χ2v) is 5.89. The number of nitrogens with one attached hydrogen (secondary N) is 1. The van der Waals surface area contributed by atoms with E-state index >= 15 is 0 Å². The highest BCUT2D eigenvalue weighted by Crippen LogP contribution is 2.38. The molecule has 1 heterocycles. The fraction of sp³-hybridized carbons (Fsp3) is 0.385. The Balaban J connectivity index is 1.87. The second-order valence-electron chi connectivity index (χ2n) is 4.55. The SMILES string of the molecule is OC1CCC(Sc2c[nH]c3ccc(F)cc23)C1. The van der Waals surface area contributed by atoms with E-state index in [4.69, 9.17) is 0 Å². The van der Waals surface area contributed by atoms with Crippen molar-refractivity contribution in [1.29, 1.82) is 0 Å². The van der Waals surface area contributed by atoms with Crippen molar-refractivity contribution in [2.75, 3.05) is 0 Å². The minimum Gasteiger partial charge on any atom is -0.393 e. The van der Waals surface area contributed by atoms with Crippen LogP contribution < -0.4 is 0 Å². The molecular formula is C13H14FNOS. The average Bonchev–Trinajstić information content (AvgIpc) is 2.87. The predicted molar refractivity (Wildman–Crippen MR) is 67.8 cm³/mol. The molecule has 0 radical (unpaired) electrons. The van der Waals surface area contributed by atoms with Crippen LogP contribution in [0, 0.1) is 5.82 Å². The summed E-state index contributed by atoms with van der Waals surface area (Å²) in [6.07, 6.45) is 4.53. The first kappa shape index (κ1) is 11.1. The van der Waals surface area contributed by atoms with Crippen molar-refractivity contribution >= 4 is 22.7 Å². The molecule has 0 spiro atoms. The van der Waals surface area contributed by atoms with E-state index in [1.54, 1.807) is 23.9 Å². The van der Waals surface area contributed by atoms with Gasteiger partial charge in [0.1, 0.15) is 5.82 Å². The number of hydrogen-bond acceptors (Lipinski definition) is 2. The van der Waals surface area contributed by atoms with Gasteiger partial charge in [-0.2, -0.15) is 0 Å². The Morgan fingerprint density at radius 1 is 1.35 bits per heavy atom. The number of rotatable bonds is 2. The Morgan fingerprint density at radius 3 is 3.00 bits per heavy atom. The molecule has 1 aliphatic rings. The van der Waals surface area contributed by atoms with Crippen LogP contribution in [0.15, 0.2) is 29.3 Å². The van der Waals surface area contributed by atoms with Crippen LogP contribution in [-0.4, -0.2) is 21.4 Å². The van der Waals surface area contributed by atoms with Gasteiger partial charge in [-0.25, -0.2) is 4.39 Å². The van der Waals surface area contributed by atoms with Crippen LogP contribution in [0.1, 0.15) is 19.3 Å². The molecule has 17 heavy (non-hydrogen) atoms. The molecule has 1 aliphatic carbocycles. The fourth-order valence-electron chi connectivity index (χ4n) is 2.37. The summed E-state index contributed by atoms with van der Waals surface area (Å²) in [5.74, 6) is -0.203. The first-order chi connectivity index (χ1) is 8.22. The monoisotopic (exact) mass is 251 g/mol. The maximum Gasteiger partial charge on any atom is 0.123 e. The largest absolute Gasteiger partial charge is 0.393 e. The molecule has 1 aromatic heterocycles. The Kier molecular flexibility index (Phi) is 2.84. The molecule has 0 amide bonds. The zero-order valence-electron chi connectivity index (χ0n) is 9.32. The van der Waals surface area contributed by atoms with Crippen molar-refractivity contribution in [2.24, 2.45) is 0 Å². The lowest BCUT2D eigenvalue weighted by Gasteiger charge is -2.07. The zero-order valence-corrected chi connectivity index (χ0v) is 10.1. The van der Waals surface area contributed by atoms with E-state index in [-0.39, 0.29) is 11.9 Å². The number of H-pyrrole nitrogens is 1. The highest BCUT2D eigenvalue weighted by Gasteiger charge is 2.24. The summed E-state index contributed by atoms with van der Waals surface area (Å²) in [6.45, 7) is 0. The zero-order chi connectivity index (χ0) is 11.8. The maximum absolute atomic E-state index is 13.2. The lowest BCUT2D eigenvalue weighted by Crippen LogP contribution is -2.00. The lowest BCUT2D eigenvalue weighted by atomic mass is 10.2. The third-order valence-electron chi connectivity index (χ3n) is 3.26. The number of fused-ring (bicyclic) bond motifs is 1. The van der Waals surface area contributed by atoms with Crippen molar-refractivity contribution in [3.63, 3.8) is 0 Å². The van der Waals surface area contributed by atoms with Crippen molar-refractivity contribution in [2.45, 2.75) is 35.5 Å². The number of aliphatic hydroxyl groups is 1. The number of benzene rings is 1. The molecule has 3 rings (SSSR count).